The van der Waals surface area contributed by atoms with Crippen LogP contribution in [0.3, 0.4) is 0 Å². The van der Waals surface area contributed by atoms with Crippen molar-refractivity contribution in [3.63, 3.8) is 0 Å². The topological polar surface area (TPSA) is 18.5 Å². The van der Waals surface area contributed by atoms with Crippen LogP contribution in [0, 0.1) is 0 Å². The van der Waals surface area contributed by atoms with Crippen LogP contribution in [0.2, 0.25) is 0 Å². The van der Waals surface area contributed by atoms with Gasteiger partial charge in [-0.1, -0.05) is 13.8 Å². The molecule has 0 saturated carbocycles. The molecule has 0 aromatic rings. The highest BCUT2D eigenvalue weighted by Gasteiger charge is 1.85. The third-order valence-electron chi connectivity index (χ3n) is 0.864. The molecule has 0 aromatic carbocycles. The molecule has 0 bridgehead atoms. The summed E-state index contributed by atoms with van der Waals surface area (Å²) in [5.74, 6) is 0. The Kier molecular flexibility index (Phi) is 27.4. The summed E-state index contributed by atoms with van der Waals surface area (Å²) in [4.78, 5) is 0. The molecule has 72 valence electrons. The molecule has 0 radical (unpaired) electrons. The van der Waals surface area contributed by atoms with Crippen molar-refractivity contribution in [3.8, 4) is 0 Å². The van der Waals surface area contributed by atoms with Crippen molar-refractivity contribution in [2.75, 3.05) is 13.2 Å². The van der Waals surface area contributed by atoms with Crippen molar-refractivity contribution in [1.82, 2.24) is 0 Å². The van der Waals surface area contributed by atoms with Crippen LogP contribution in [0.4, 0.5) is 0 Å². The van der Waals surface area contributed by atoms with Crippen molar-refractivity contribution in [2.45, 2.75) is 26.7 Å². The van der Waals surface area contributed by atoms with E-state index in [2.05, 4.69) is 13.8 Å². The van der Waals surface area contributed by atoms with Gasteiger partial charge in [-0.15, -0.1) is 24.8 Å². The van der Waals surface area contributed by atoms with Crippen LogP contribution in [0.15, 0.2) is 0 Å². The fraction of sp³-hybridized carbons (Fsp3) is 1.00. The van der Waals surface area contributed by atoms with Crippen LogP contribution in [0.25, 0.3) is 0 Å². The monoisotopic (exact) mass is 220 g/mol. The predicted octanol–water partition coefficient (Wildman–Crippen LogP) is 1.68. The fourth-order valence-corrected chi connectivity index (χ4v) is 1.40. The molecule has 0 aliphatic carbocycles. The van der Waals surface area contributed by atoms with Gasteiger partial charge in [-0.2, -0.15) is 0 Å². The van der Waals surface area contributed by atoms with Crippen molar-refractivity contribution in [1.29, 1.82) is 0 Å². The van der Waals surface area contributed by atoms with Crippen LogP contribution in [-0.2, 0) is 8.85 Å². The number of hydrogen-bond donors (Lipinski definition) is 0. The van der Waals surface area contributed by atoms with E-state index in [9.17, 15) is 0 Å². The second kappa shape index (κ2) is 17.0. The van der Waals surface area contributed by atoms with E-state index in [-0.39, 0.29) is 24.8 Å². The van der Waals surface area contributed by atoms with Gasteiger partial charge < -0.3 is 8.85 Å². The molecule has 11 heavy (non-hydrogen) atoms. The maximum absolute atomic E-state index is 5.20. The molecule has 0 atom stereocenters. The Balaban J connectivity index is -0.000000320. The molecule has 0 amide bonds. The second-order valence-electron chi connectivity index (χ2n) is 1.93. The summed E-state index contributed by atoms with van der Waals surface area (Å²) >= 11 is 0. The first-order valence-electron chi connectivity index (χ1n) is 3.57. The lowest BCUT2D eigenvalue weighted by Gasteiger charge is -2.00. The molecule has 0 aliphatic heterocycles. The van der Waals surface area contributed by atoms with E-state index in [0.717, 1.165) is 26.1 Å². The molecule has 0 unspecified atom stereocenters. The minimum Gasteiger partial charge on any atom is -0.399 e. The number of halogens is 2. The SMILES string of the molecule is CCCO[SiH2]OCCC.Cl.Cl. The first-order valence-corrected chi connectivity index (χ1v) is 4.72. The van der Waals surface area contributed by atoms with Crippen LogP contribution in [0.1, 0.15) is 26.7 Å². The molecular weight excluding hydrogens is 203 g/mol. The van der Waals surface area contributed by atoms with Gasteiger partial charge in [0.15, 0.2) is 0 Å². The highest BCUT2D eigenvalue weighted by molar-refractivity contribution is 6.17. The smallest absolute Gasteiger partial charge is 0.304 e. The van der Waals surface area contributed by atoms with Gasteiger partial charge in [0.25, 0.3) is 0 Å². The number of hydrogen-bond acceptors (Lipinski definition) is 2. The minimum atomic E-state index is -0.611. The molecule has 0 heterocycles. The van der Waals surface area contributed by atoms with Crippen molar-refractivity contribution in [2.24, 2.45) is 0 Å². The van der Waals surface area contributed by atoms with Crippen LogP contribution in [0.5, 0.6) is 0 Å². The van der Waals surface area contributed by atoms with Crippen molar-refractivity contribution < 1.29 is 8.85 Å². The first kappa shape index (κ1) is 17.7. The van der Waals surface area contributed by atoms with E-state index < -0.39 is 10.0 Å². The highest BCUT2D eigenvalue weighted by Crippen LogP contribution is 1.81. The molecule has 2 nitrogen and oxygen atoms in total. The standard InChI is InChI=1S/C6H16O2Si.2ClH/c1-3-5-7-9-8-6-4-2;;/h3-6,9H2,1-2H3;2*1H. The lowest BCUT2D eigenvalue weighted by atomic mass is 10.5. The third-order valence-corrected chi connectivity index (χ3v) is 1.77. The molecule has 0 spiro atoms. The van der Waals surface area contributed by atoms with E-state index in [1.807, 2.05) is 0 Å². The molecule has 5 heteroatoms. The number of rotatable bonds is 6. The predicted molar refractivity (Wildman–Crippen MR) is 55.5 cm³/mol. The fourth-order valence-electron chi connectivity index (χ4n) is 0.465. The summed E-state index contributed by atoms with van der Waals surface area (Å²) < 4.78 is 10.4. The minimum absolute atomic E-state index is 0. The summed E-state index contributed by atoms with van der Waals surface area (Å²) in [6, 6.07) is 0. The Morgan fingerprint density at radius 3 is 1.55 bits per heavy atom. The molecule has 0 aromatic heterocycles. The molecule has 0 saturated heterocycles. The average Bonchev–Trinajstić information content (AvgIpc) is 1.89. The summed E-state index contributed by atoms with van der Waals surface area (Å²) in [5, 5.41) is 0. The van der Waals surface area contributed by atoms with Gasteiger partial charge in [-0.05, 0) is 12.8 Å². The van der Waals surface area contributed by atoms with Crippen LogP contribution < -0.4 is 0 Å². The molecular formula is C6H18Cl2O2Si. The molecule has 0 rings (SSSR count). The van der Waals surface area contributed by atoms with E-state index in [4.69, 9.17) is 8.85 Å². The Bertz CT molecular complexity index is 51.8. The zero-order valence-corrected chi connectivity index (χ0v) is 10.2. The van der Waals surface area contributed by atoms with E-state index in [0.29, 0.717) is 0 Å². The lowest BCUT2D eigenvalue weighted by molar-refractivity contribution is 0.222. The van der Waals surface area contributed by atoms with Gasteiger partial charge in [-0.3, -0.25) is 0 Å². The van der Waals surface area contributed by atoms with E-state index in [1.54, 1.807) is 0 Å². The molecule has 0 fully saturated rings. The first-order chi connectivity index (χ1) is 4.41. The Morgan fingerprint density at radius 2 is 1.27 bits per heavy atom. The summed E-state index contributed by atoms with van der Waals surface area (Å²) in [5.41, 5.74) is 0. The van der Waals surface area contributed by atoms with Gasteiger partial charge >= 0.3 is 10.0 Å². The van der Waals surface area contributed by atoms with Crippen LogP contribution in [-0.4, -0.2) is 23.2 Å². The van der Waals surface area contributed by atoms with E-state index >= 15 is 0 Å². The largest absolute Gasteiger partial charge is 0.399 e. The lowest BCUT2D eigenvalue weighted by Crippen LogP contribution is -2.05. The summed E-state index contributed by atoms with van der Waals surface area (Å²) in [6.45, 7) is 5.95. The van der Waals surface area contributed by atoms with Gasteiger partial charge in [-0.25, -0.2) is 0 Å². The third kappa shape index (κ3) is 18.0. The maximum atomic E-state index is 5.20. The van der Waals surface area contributed by atoms with Gasteiger partial charge in [0, 0.05) is 13.2 Å². The molecule has 0 aliphatic rings. The van der Waals surface area contributed by atoms with Crippen LogP contribution >= 0.6 is 24.8 Å². The summed E-state index contributed by atoms with van der Waals surface area (Å²) in [6.07, 6.45) is 2.20. The van der Waals surface area contributed by atoms with Gasteiger partial charge in [0.1, 0.15) is 0 Å². The Labute approximate surface area is 83.9 Å². The van der Waals surface area contributed by atoms with Gasteiger partial charge in [0.05, 0.1) is 0 Å². The Hall–Kier alpha value is 0.717. The van der Waals surface area contributed by atoms with Crippen molar-refractivity contribution >= 4 is 34.8 Å². The summed E-state index contributed by atoms with van der Waals surface area (Å²) in [7, 11) is -0.611. The van der Waals surface area contributed by atoms with Crippen molar-refractivity contribution in [3.05, 3.63) is 0 Å². The maximum Gasteiger partial charge on any atom is 0.304 e. The Morgan fingerprint density at radius 1 is 0.909 bits per heavy atom. The quantitative estimate of drug-likeness (QED) is 0.502. The normalized spacial score (nSPS) is 8.18. The highest BCUT2D eigenvalue weighted by atomic mass is 35.5. The second-order valence-corrected chi connectivity index (χ2v) is 2.99. The zero-order valence-electron chi connectivity index (χ0n) is 7.17. The molecule has 0 N–H and O–H groups in total. The zero-order chi connectivity index (χ0) is 6.95. The van der Waals surface area contributed by atoms with E-state index in [1.165, 1.54) is 0 Å². The average molecular weight is 221 g/mol. The van der Waals surface area contributed by atoms with Gasteiger partial charge in [0.2, 0.25) is 0 Å².